The van der Waals surface area contributed by atoms with Gasteiger partial charge in [-0.3, -0.25) is 0 Å². The summed E-state index contributed by atoms with van der Waals surface area (Å²) in [6, 6.07) is 7.83. The van der Waals surface area contributed by atoms with E-state index in [0.29, 0.717) is 13.0 Å². The molecule has 3 heteroatoms. The van der Waals surface area contributed by atoms with Crippen LogP contribution in [0.3, 0.4) is 0 Å². The lowest BCUT2D eigenvalue weighted by molar-refractivity contribution is 0.131. The molecule has 0 saturated carbocycles. The maximum absolute atomic E-state index is 8.77. The highest BCUT2D eigenvalue weighted by Gasteiger charge is 1.95. The molecule has 0 aliphatic rings. The third-order valence-corrected chi connectivity index (χ3v) is 2.23. The fraction of sp³-hybridized carbons (Fsp3) is 0.538. The minimum atomic E-state index is 0.189. The highest BCUT2D eigenvalue weighted by atomic mass is 16.5. The number of hydrogen-bond donors (Lipinski definition) is 1. The second-order valence-corrected chi connectivity index (χ2v) is 3.52. The van der Waals surface area contributed by atoms with E-state index in [1.165, 1.54) is 0 Å². The molecule has 0 bridgehead atoms. The SMILES string of the molecule is CCOCCCOc1ccc(CCO)cc1. The van der Waals surface area contributed by atoms with Crippen molar-refractivity contribution in [1.29, 1.82) is 0 Å². The summed E-state index contributed by atoms with van der Waals surface area (Å²) in [6.45, 7) is 4.36. The lowest BCUT2D eigenvalue weighted by atomic mass is 10.1. The standard InChI is InChI=1S/C13H20O3/c1-2-15-10-3-11-16-13-6-4-12(5-7-13)8-9-14/h4-7,14H,2-3,8-11H2,1H3. The van der Waals surface area contributed by atoms with E-state index in [2.05, 4.69) is 0 Å². The summed E-state index contributed by atoms with van der Waals surface area (Å²) in [7, 11) is 0. The zero-order valence-corrected chi connectivity index (χ0v) is 9.82. The van der Waals surface area contributed by atoms with E-state index in [0.717, 1.165) is 30.9 Å². The van der Waals surface area contributed by atoms with Crippen molar-refractivity contribution in [3.8, 4) is 5.75 Å². The number of hydrogen-bond acceptors (Lipinski definition) is 3. The summed E-state index contributed by atoms with van der Waals surface area (Å²) in [4.78, 5) is 0. The number of rotatable bonds is 8. The van der Waals surface area contributed by atoms with Crippen LogP contribution in [0, 0.1) is 0 Å². The third kappa shape index (κ3) is 5.14. The van der Waals surface area contributed by atoms with Crippen molar-refractivity contribution in [2.75, 3.05) is 26.4 Å². The molecule has 0 spiro atoms. The van der Waals surface area contributed by atoms with Crippen molar-refractivity contribution in [3.63, 3.8) is 0 Å². The summed E-state index contributed by atoms with van der Waals surface area (Å²) in [5, 5.41) is 8.77. The Balaban J connectivity index is 2.21. The molecular weight excluding hydrogens is 204 g/mol. The molecule has 0 aliphatic carbocycles. The fourth-order valence-corrected chi connectivity index (χ4v) is 1.38. The molecule has 1 aromatic carbocycles. The van der Waals surface area contributed by atoms with E-state index >= 15 is 0 Å². The minimum Gasteiger partial charge on any atom is -0.494 e. The molecule has 0 fully saturated rings. The number of ether oxygens (including phenoxy) is 2. The van der Waals surface area contributed by atoms with Gasteiger partial charge in [0.2, 0.25) is 0 Å². The van der Waals surface area contributed by atoms with Crippen molar-refractivity contribution in [2.24, 2.45) is 0 Å². The molecule has 0 aliphatic heterocycles. The molecule has 0 amide bonds. The summed E-state index contributed by atoms with van der Waals surface area (Å²) in [5.41, 5.74) is 1.13. The Morgan fingerprint density at radius 3 is 2.50 bits per heavy atom. The molecular formula is C13H20O3. The van der Waals surface area contributed by atoms with Gasteiger partial charge in [0, 0.05) is 26.2 Å². The maximum atomic E-state index is 8.77. The number of benzene rings is 1. The van der Waals surface area contributed by atoms with Crippen molar-refractivity contribution in [2.45, 2.75) is 19.8 Å². The molecule has 0 atom stereocenters. The molecule has 0 radical (unpaired) electrons. The van der Waals surface area contributed by atoms with Gasteiger partial charge in [0.1, 0.15) is 5.75 Å². The molecule has 0 aromatic heterocycles. The van der Waals surface area contributed by atoms with Gasteiger partial charge in [0.25, 0.3) is 0 Å². The van der Waals surface area contributed by atoms with Gasteiger partial charge in [0.15, 0.2) is 0 Å². The van der Waals surface area contributed by atoms with E-state index in [1.54, 1.807) is 0 Å². The van der Waals surface area contributed by atoms with E-state index < -0.39 is 0 Å². The van der Waals surface area contributed by atoms with Gasteiger partial charge in [-0.1, -0.05) is 12.1 Å². The normalized spacial score (nSPS) is 10.4. The Kier molecular flexibility index (Phi) is 6.61. The molecule has 1 rings (SSSR count). The zero-order valence-electron chi connectivity index (χ0n) is 9.82. The number of aliphatic hydroxyl groups is 1. The van der Waals surface area contributed by atoms with Crippen molar-refractivity contribution >= 4 is 0 Å². The second kappa shape index (κ2) is 8.13. The summed E-state index contributed by atoms with van der Waals surface area (Å²) >= 11 is 0. The summed E-state index contributed by atoms with van der Waals surface area (Å²) < 4.78 is 10.8. The average Bonchev–Trinajstić information content (AvgIpc) is 2.31. The smallest absolute Gasteiger partial charge is 0.119 e. The van der Waals surface area contributed by atoms with Crippen molar-refractivity contribution in [1.82, 2.24) is 0 Å². The molecule has 1 aromatic rings. The highest BCUT2D eigenvalue weighted by molar-refractivity contribution is 5.27. The van der Waals surface area contributed by atoms with Gasteiger partial charge in [-0.25, -0.2) is 0 Å². The second-order valence-electron chi connectivity index (χ2n) is 3.52. The van der Waals surface area contributed by atoms with Crippen LogP contribution in [0.15, 0.2) is 24.3 Å². The van der Waals surface area contributed by atoms with Crippen molar-refractivity contribution in [3.05, 3.63) is 29.8 Å². The fourth-order valence-electron chi connectivity index (χ4n) is 1.38. The quantitative estimate of drug-likeness (QED) is 0.687. The first-order chi connectivity index (χ1) is 7.86. The minimum absolute atomic E-state index is 0.189. The van der Waals surface area contributed by atoms with Crippen LogP contribution in [0.25, 0.3) is 0 Å². The van der Waals surface area contributed by atoms with E-state index in [9.17, 15) is 0 Å². The molecule has 0 heterocycles. The van der Waals surface area contributed by atoms with E-state index in [-0.39, 0.29) is 6.61 Å². The van der Waals surface area contributed by atoms with Crippen LogP contribution >= 0.6 is 0 Å². The molecule has 90 valence electrons. The van der Waals surface area contributed by atoms with Crippen LogP contribution in [0.2, 0.25) is 0 Å². The first-order valence-corrected chi connectivity index (χ1v) is 5.77. The topological polar surface area (TPSA) is 38.7 Å². The monoisotopic (exact) mass is 224 g/mol. The van der Waals surface area contributed by atoms with Crippen LogP contribution in [-0.4, -0.2) is 31.5 Å². The predicted octanol–water partition coefficient (Wildman–Crippen LogP) is 2.03. The van der Waals surface area contributed by atoms with Gasteiger partial charge in [-0.05, 0) is 31.0 Å². The molecule has 1 N–H and O–H groups in total. The molecule has 16 heavy (non-hydrogen) atoms. The van der Waals surface area contributed by atoms with Crippen LogP contribution in [0.1, 0.15) is 18.9 Å². The Bertz CT molecular complexity index is 269. The van der Waals surface area contributed by atoms with E-state index in [4.69, 9.17) is 14.6 Å². The van der Waals surface area contributed by atoms with Gasteiger partial charge in [-0.15, -0.1) is 0 Å². The van der Waals surface area contributed by atoms with Gasteiger partial charge >= 0.3 is 0 Å². The van der Waals surface area contributed by atoms with Crippen molar-refractivity contribution < 1.29 is 14.6 Å². The average molecular weight is 224 g/mol. The van der Waals surface area contributed by atoms with Gasteiger partial charge in [0.05, 0.1) is 6.61 Å². The predicted molar refractivity (Wildman–Crippen MR) is 63.8 cm³/mol. The number of aliphatic hydroxyl groups excluding tert-OH is 1. The molecule has 0 unspecified atom stereocenters. The van der Waals surface area contributed by atoms with Crippen LogP contribution < -0.4 is 4.74 Å². The Hall–Kier alpha value is -1.06. The summed E-state index contributed by atoms with van der Waals surface area (Å²) in [6.07, 6.45) is 1.61. The van der Waals surface area contributed by atoms with Gasteiger partial charge < -0.3 is 14.6 Å². The van der Waals surface area contributed by atoms with Crippen LogP contribution in [0.4, 0.5) is 0 Å². The van der Waals surface area contributed by atoms with Crippen LogP contribution in [0.5, 0.6) is 5.75 Å². The maximum Gasteiger partial charge on any atom is 0.119 e. The Morgan fingerprint density at radius 1 is 1.12 bits per heavy atom. The lowest BCUT2D eigenvalue weighted by Crippen LogP contribution is -2.02. The summed E-state index contributed by atoms with van der Waals surface area (Å²) in [5.74, 6) is 0.873. The highest BCUT2D eigenvalue weighted by Crippen LogP contribution is 2.12. The van der Waals surface area contributed by atoms with E-state index in [1.807, 2.05) is 31.2 Å². The van der Waals surface area contributed by atoms with Gasteiger partial charge in [-0.2, -0.15) is 0 Å². The third-order valence-electron chi connectivity index (χ3n) is 2.23. The Labute approximate surface area is 97.0 Å². The molecule has 0 saturated heterocycles. The first kappa shape index (κ1) is 13.0. The lowest BCUT2D eigenvalue weighted by Gasteiger charge is -2.06. The Morgan fingerprint density at radius 2 is 1.88 bits per heavy atom. The van der Waals surface area contributed by atoms with Crippen LogP contribution in [-0.2, 0) is 11.2 Å². The largest absolute Gasteiger partial charge is 0.494 e. The molecule has 3 nitrogen and oxygen atoms in total. The zero-order chi connectivity index (χ0) is 11.6. The first-order valence-electron chi connectivity index (χ1n) is 5.77.